The molecule has 2 unspecified atom stereocenters. The molecule has 1 nitrogen and oxygen atoms in total. The van der Waals surface area contributed by atoms with Crippen molar-refractivity contribution in [2.24, 2.45) is 0 Å². The molecule has 86 valence electrons. The van der Waals surface area contributed by atoms with Gasteiger partial charge in [0, 0.05) is 0 Å². The van der Waals surface area contributed by atoms with Gasteiger partial charge in [0.05, 0.1) is 4.83 Å². The standard InChI is InChI=1S/C9H11BrF3NS/c10-7-5-1-3-14-4-2-6(5)15-8(7)9(11,12)13/h7-8,14H,1-4H2. The van der Waals surface area contributed by atoms with E-state index in [-0.39, 0.29) is 0 Å². The number of alkyl halides is 4. The molecule has 2 aliphatic heterocycles. The Morgan fingerprint density at radius 3 is 2.60 bits per heavy atom. The van der Waals surface area contributed by atoms with Crippen molar-refractivity contribution < 1.29 is 13.2 Å². The molecule has 0 saturated carbocycles. The van der Waals surface area contributed by atoms with Crippen molar-refractivity contribution in [3.63, 3.8) is 0 Å². The molecule has 0 saturated heterocycles. The first kappa shape index (κ1) is 11.8. The Morgan fingerprint density at radius 2 is 1.93 bits per heavy atom. The van der Waals surface area contributed by atoms with Gasteiger partial charge in [-0.1, -0.05) is 15.9 Å². The summed E-state index contributed by atoms with van der Waals surface area (Å²) in [4.78, 5) is 0.404. The van der Waals surface area contributed by atoms with Crippen LogP contribution in [-0.2, 0) is 0 Å². The van der Waals surface area contributed by atoms with Crippen molar-refractivity contribution in [3.05, 3.63) is 10.5 Å². The Hall–Kier alpha value is 0.320. The predicted octanol–water partition coefficient (Wildman–Crippen LogP) is 3.07. The second kappa shape index (κ2) is 4.30. The zero-order valence-electron chi connectivity index (χ0n) is 7.90. The van der Waals surface area contributed by atoms with Gasteiger partial charge in [-0.2, -0.15) is 13.2 Å². The van der Waals surface area contributed by atoms with E-state index in [0.29, 0.717) is 0 Å². The van der Waals surface area contributed by atoms with E-state index in [1.807, 2.05) is 0 Å². The molecule has 2 atom stereocenters. The molecule has 0 aromatic heterocycles. The van der Waals surface area contributed by atoms with Crippen LogP contribution in [0, 0.1) is 0 Å². The zero-order chi connectivity index (χ0) is 11.1. The zero-order valence-corrected chi connectivity index (χ0v) is 10.3. The van der Waals surface area contributed by atoms with E-state index in [9.17, 15) is 13.2 Å². The van der Waals surface area contributed by atoms with Crippen LogP contribution in [0.4, 0.5) is 13.2 Å². The molecule has 6 heteroatoms. The van der Waals surface area contributed by atoms with Crippen LogP contribution >= 0.6 is 27.7 Å². The van der Waals surface area contributed by atoms with Crippen LogP contribution in [0.15, 0.2) is 10.5 Å². The summed E-state index contributed by atoms with van der Waals surface area (Å²) in [6.45, 7) is 1.57. The van der Waals surface area contributed by atoms with Crippen LogP contribution in [0.25, 0.3) is 0 Å². The minimum Gasteiger partial charge on any atom is -0.316 e. The van der Waals surface area contributed by atoms with Crippen molar-refractivity contribution in [1.82, 2.24) is 5.32 Å². The summed E-state index contributed by atoms with van der Waals surface area (Å²) in [5.41, 5.74) is 0.951. The van der Waals surface area contributed by atoms with Gasteiger partial charge in [0.1, 0.15) is 5.25 Å². The summed E-state index contributed by atoms with van der Waals surface area (Å²) in [5.74, 6) is 0. The molecule has 0 aromatic rings. The molecule has 0 spiro atoms. The molecule has 2 rings (SSSR count). The van der Waals surface area contributed by atoms with Crippen LogP contribution in [0.3, 0.4) is 0 Å². The van der Waals surface area contributed by atoms with Crippen LogP contribution in [0.1, 0.15) is 12.8 Å². The molecule has 0 radical (unpaired) electrons. The number of hydrogen-bond donors (Lipinski definition) is 1. The smallest absolute Gasteiger partial charge is 0.316 e. The van der Waals surface area contributed by atoms with Gasteiger partial charge in [0.2, 0.25) is 0 Å². The van der Waals surface area contributed by atoms with Crippen molar-refractivity contribution in [2.75, 3.05) is 13.1 Å². The molecule has 0 amide bonds. The topological polar surface area (TPSA) is 12.0 Å². The molecule has 2 aliphatic rings. The first-order chi connectivity index (χ1) is 7.00. The van der Waals surface area contributed by atoms with Gasteiger partial charge in [0.15, 0.2) is 0 Å². The van der Waals surface area contributed by atoms with Crippen molar-refractivity contribution >= 4 is 27.7 Å². The molecule has 15 heavy (non-hydrogen) atoms. The van der Waals surface area contributed by atoms with Gasteiger partial charge >= 0.3 is 6.18 Å². The summed E-state index contributed by atoms with van der Waals surface area (Å²) in [7, 11) is 0. The van der Waals surface area contributed by atoms with Crippen molar-refractivity contribution in [3.8, 4) is 0 Å². The van der Waals surface area contributed by atoms with E-state index in [2.05, 4.69) is 21.2 Å². The van der Waals surface area contributed by atoms with Gasteiger partial charge in [-0.15, -0.1) is 11.8 Å². The Balaban J connectivity index is 2.16. The van der Waals surface area contributed by atoms with E-state index in [4.69, 9.17) is 0 Å². The summed E-state index contributed by atoms with van der Waals surface area (Å²) in [5, 5.41) is 1.90. The molecule has 0 fully saturated rings. The lowest BCUT2D eigenvalue weighted by molar-refractivity contribution is -0.126. The monoisotopic (exact) mass is 301 g/mol. The normalized spacial score (nSPS) is 32.8. The Kier molecular flexibility index (Phi) is 3.38. The second-order valence-corrected chi connectivity index (χ2v) is 5.90. The lowest BCUT2D eigenvalue weighted by atomic mass is 10.1. The number of nitrogens with one attached hydrogen (secondary N) is 1. The number of halogens is 4. The summed E-state index contributed by atoms with van der Waals surface area (Å²) in [6.07, 6.45) is -2.65. The molecule has 0 aromatic carbocycles. The van der Waals surface area contributed by atoms with Gasteiger partial charge in [-0.05, 0) is 36.4 Å². The Labute approximate surface area is 99.0 Å². The fourth-order valence-electron chi connectivity index (χ4n) is 1.90. The van der Waals surface area contributed by atoms with E-state index in [0.717, 1.165) is 48.2 Å². The van der Waals surface area contributed by atoms with Gasteiger partial charge in [-0.25, -0.2) is 0 Å². The molecular weight excluding hydrogens is 291 g/mol. The Morgan fingerprint density at radius 1 is 1.27 bits per heavy atom. The highest BCUT2D eigenvalue weighted by Crippen LogP contribution is 2.50. The number of thioether (sulfide) groups is 1. The van der Waals surface area contributed by atoms with Crippen LogP contribution < -0.4 is 5.32 Å². The van der Waals surface area contributed by atoms with Crippen molar-refractivity contribution in [2.45, 2.75) is 29.1 Å². The summed E-state index contributed by atoms with van der Waals surface area (Å²) < 4.78 is 38.0. The maximum Gasteiger partial charge on any atom is 0.402 e. The largest absolute Gasteiger partial charge is 0.402 e. The third-order valence-corrected chi connectivity index (χ3v) is 5.62. The summed E-state index contributed by atoms with van der Waals surface area (Å²) >= 11 is 4.18. The van der Waals surface area contributed by atoms with Crippen molar-refractivity contribution in [1.29, 1.82) is 0 Å². The molecular formula is C9H11BrF3NS. The lowest BCUT2D eigenvalue weighted by Gasteiger charge is -2.19. The third kappa shape index (κ3) is 2.36. The van der Waals surface area contributed by atoms with E-state index in [1.54, 1.807) is 0 Å². The molecule has 1 N–H and O–H groups in total. The minimum absolute atomic E-state index is 0.530. The molecule has 0 bridgehead atoms. The molecule has 2 heterocycles. The Bertz CT molecular complexity index is 290. The van der Waals surface area contributed by atoms with Crippen LogP contribution in [0.2, 0.25) is 0 Å². The maximum atomic E-state index is 12.7. The minimum atomic E-state index is -4.11. The first-order valence-electron chi connectivity index (χ1n) is 4.80. The fourth-order valence-corrected chi connectivity index (χ4v) is 4.51. The predicted molar refractivity (Wildman–Crippen MR) is 59.3 cm³/mol. The highest BCUT2D eigenvalue weighted by Gasteiger charge is 2.50. The first-order valence-corrected chi connectivity index (χ1v) is 6.60. The van der Waals surface area contributed by atoms with E-state index in [1.165, 1.54) is 0 Å². The highest BCUT2D eigenvalue weighted by atomic mass is 79.9. The summed E-state index contributed by atoms with van der Waals surface area (Å²) in [6, 6.07) is 0. The van der Waals surface area contributed by atoms with Crippen LogP contribution in [0.5, 0.6) is 0 Å². The fraction of sp³-hybridized carbons (Fsp3) is 0.778. The van der Waals surface area contributed by atoms with Gasteiger partial charge in [0.25, 0.3) is 0 Å². The quantitative estimate of drug-likeness (QED) is 0.690. The van der Waals surface area contributed by atoms with Gasteiger partial charge in [-0.3, -0.25) is 0 Å². The van der Waals surface area contributed by atoms with Gasteiger partial charge < -0.3 is 5.32 Å². The van der Waals surface area contributed by atoms with E-state index < -0.39 is 16.3 Å². The number of hydrogen-bond acceptors (Lipinski definition) is 2. The SMILES string of the molecule is FC(F)(F)C1SC2=C(CCNCC2)C1Br. The average Bonchev–Trinajstić information content (AvgIpc) is 2.36. The molecule has 0 aliphatic carbocycles. The second-order valence-electron chi connectivity index (χ2n) is 3.68. The highest BCUT2D eigenvalue weighted by molar-refractivity contribution is 9.09. The number of rotatable bonds is 0. The van der Waals surface area contributed by atoms with Crippen LogP contribution in [-0.4, -0.2) is 29.3 Å². The van der Waals surface area contributed by atoms with E-state index >= 15 is 0 Å². The average molecular weight is 302 g/mol. The lowest BCUT2D eigenvalue weighted by Crippen LogP contribution is -2.32. The third-order valence-electron chi connectivity index (χ3n) is 2.65. The maximum absolute atomic E-state index is 12.7.